The van der Waals surface area contributed by atoms with E-state index in [1.54, 1.807) is 21.3 Å². The van der Waals surface area contributed by atoms with Crippen molar-refractivity contribution in [3.63, 3.8) is 0 Å². The van der Waals surface area contributed by atoms with Gasteiger partial charge in [0.2, 0.25) is 5.75 Å². The zero-order valence-corrected chi connectivity index (χ0v) is 12.7. The fraction of sp³-hybridized carbons (Fsp3) is 0.294. The fourth-order valence-corrected chi connectivity index (χ4v) is 2.35. The Balaban J connectivity index is 2.47. The van der Waals surface area contributed by atoms with Gasteiger partial charge in [-0.25, -0.2) is 0 Å². The van der Waals surface area contributed by atoms with E-state index in [1.807, 2.05) is 12.1 Å². The van der Waals surface area contributed by atoms with Crippen LogP contribution in [0.25, 0.3) is 11.1 Å². The first-order valence-electron chi connectivity index (χ1n) is 6.83. The maximum atomic E-state index is 5.57. The Hall–Kier alpha value is -2.20. The molecule has 0 aliphatic carbocycles. The molecule has 0 radical (unpaired) electrons. The third-order valence-corrected chi connectivity index (χ3v) is 3.40. The van der Waals surface area contributed by atoms with E-state index in [9.17, 15) is 0 Å². The molecular formula is C17H21NO3. The van der Waals surface area contributed by atoms with Gasteiger partial charge in [-0.15, -0.1) is 0 Å². The molecule has 0 fully saturated rings. The number of nitrogens with two attached hydrogens (primary N) is 1. The minimum atomic E-state index is 0.600. The topological polar surface area (TPSA) is 53.7 Å². The van der Waals surface area contributed by atoms with Crippen molar-refractivity contribution in [2.24, 2.45) is 5.73 Å². The smallest absolute Gasteiger partial charge is 0.203 e. The summed E-state index contributed by atoms with van der Waals surface area (Å²) in [7, 11) is 4.84. The maximum absolute atomic E-state index is 5.57. The van der Waals surface area contributed by atoms with E-state index >= 15 is 0 Å². The van der Waals surface area contributed by atoms with Crippen LogP contribution in [-0.2, 0) is 6.42 Å². The second kappa shape index (κ2) is 6.99. The predicted molar refractivity (Wildman–Crippen MR) is 84.3 cm³/mol. The molecular weight excluding hydrogens is 266 g/mol. The lowest BCUT2D eigenvalue weighted by Gasteiger charge is -2.16. The second-order valence-corrected chi connectivity index (χ2v) is 4.62. The third-order valence-electron chi connectivity index (χ3n) is 3.40. The highest BCUT2D eigenvalue weighted by Crippen LogP contribution is 2.44. The van der Waals surface area contributed by atoms with Crippen molar-refractivity contribution in [3.8, 4) is 28.4 Å². The molecule has 0 spiro atoms. The molecule has 0 aromatic heterocycles. The third kappa shape index (κ3) is 3.11. The summed E-state index contributed by atoms with van der Waals surface area (Å²) in [5.74, 6) is 1.92. The molecule has 4 nitrogen and oxygen atoms in total. The largest absolute Gasteiger partial charge is 0.493 e. The Morgan fingerprint density at radius 1 is 0.810 bits per heavy atom. The SMILES string of the molecule is COc1ccc(-c2ccc(CCN)cc2)c(OC)c1OC. The van der Waals surface area contributed by atoms with Crippen LogP contribution in [0.1, 0.15) is 5.56 Å². The molecule has 0 saturated carbocycles. The molecule has 4 heteroatoms. The summed E-state index contributed by atoms with van der Waals surface area (Å²) in [6, 6.07) is 12.1. The molecule has 112 valence electrons. The highest BCUT2D eigenvalue weighted by atomic mass is 16.5. The monoisotopic (exact) mass is 287 g/mol. The molecule has 0 heterocycles. The van der Waals surface area contributed by atoms with E-state index in [0.29, 0.717) is 23.8 Å². The Morgan fingerprint density at radius 2 is 1.48 bits per heavy atom. The van der Waals surface area contributed by atoms with Crippen LogP contribution in [0.3, 0.4) is 0 Å². The number of hydrogen-bond donors (Lipinski definition) is 1. The molecule has 2 aromatic rings. The van der Waals surface area contributed by atoms with Crippen LogP contribution >= 0.6 is 0 Å². The molecule has 0 atom stereocenters. The van der Waals surface area contributed by atoms with Gasteiger partial charge in [0.25, 0.3) is 0 Å². The zero-order chi connectivity index (χ0) is 15.2. The Kier molecular flexibility index (Phi) is 5.06. The number of benzene rings is 2. The lowest BCUT2D eigenvalue weighted by molar-refractivity contribution is 0.325. The van der Waals surface area contributed by atoms with E-state index < -0.39 is 0 Å². The number of rotatable bonds is 6. The van der Waals surface area contributed by atoms with Crippen molar-refractivity contribution in [1.82, 2.24) is 0 Å². The van der Waals surface area contributed by atoms with Crippen LogP contribution < -0.4 is 19.9 Å². The quantitative estimate of drug-likeness (QED) is 0.887. The van der Waals surface area contributed by atoms with Crippen LogP contribution in [0, 0.1) is 0 Å². The molecule has 0 amide bonds. The molecule has 0 saturated heterocycles. The normalized spacial score (nSPS) is 10.3. The first-order chi connectivity index (χ1) is 10.2. The molecule has 0 bridgehead atoms. The molecule has 0 unspecified atom stereocenters. The average Bonchev–Trinajstić information content (AvgIpc) is 2.54. The standard InChI is InChI=1S/C17H21NO3/c1-19-15-9-8-14(16(20-2)17(15)21-3)13-6-4-12(5-7-13)10-11-18/h4-9H,10-11,18H2,1-3H3. The van der Waals surface area contributed by atoms with Gasteiger partial charge in [0.15, 0.2) is 11.5 Å². The minimum Gasteiger partial charge on any atom is -0.493 e. The predicted octanol–water partition coefficient (Wildman–Crippen LogP) is 2.88. The van der Waals surface area contributed by atoms with Crippen LogP contribution in [0.5, 0.6) is 17.2 Å². The van der Waals surface area contributed by atoms with Gasteiger partial charge in [-0.1, -0.05) is 24.3 Å². The molecule has 21 heavy (non-hydrogen) atoms. The van der Waals surface area contributed by atoms with E-state index in [0.717, 1.165) is 17.5 Å². The summed E-state index contributed by atoms with van der Waals surface area (Å²) in [5, 5.41) is 0. The number of ether oxygens (including phenoxy) is 3. The van der Waals surface area contributed by atoms with E-state index in [-0.39, 0.29) is 0 Å². The highest BCUT2D eigenvalue weighted by Gasteiger charge is 2.16. The number of methoxy groups -OCH3 is 3. The lowest BCUT2D eigenvalue weighted by atomic mass is 10.0. The summed E-state index contributed by atoms with van der Waals surface area (Å²) in [5.41, 5.74) is 8.83. The van der Waals surface area contributed by atoms with Gasteiger partial charge >= 0.3 is 0 Å². The molecule has 0 aliphatic heterocycles. The molecule has 0 aliphatic rings. The zero-order valence-electron chi connectivity index (χ0n) is 12.7. The summed E-state index contributed by atoms with van der Waals surface area (Å²) >= 11 is 0. The Labute approximate surface area is 125 Å². The van der Waals surface area contributed by atoms with Gasteiger partial charge in [0.1, 0.15) is 0 Å². The van der Waals surface area contributed by atoms with Crippen molar-refractivity contribution >= 4 is 0 Å². The van der Waals surface area contributed by atoms with Gasteiger partial charge in [-0.3, -0.25) is 0 Å². The van der Waals surface area contributed by atoms with Crippen LogP contribution in [0.4, 0.5) is 0 Å². The van der Waals surface area contributed by atoms with Gasteiger partial charge in [0, 0.05) is 5.56 Å². The van der Waals surface area contributed by atoms with Gasteiger partial charge in [-0.2, -0.15) is 0 Å². The maximum Gasteiger partial charge on any atom is 0.203 e. The first kappa shape index (κ1) is 15.2. The van der Waals surface area contributed by atoms with Crippen LogP contribution in [-0.4, -0.2) is 27.9 Å². The molecule has 2 rings (SSSR count). The fourth-order valence-electron chi connectivity index (χ4n) is 2.35. The van der Waals surface area contributed by atoms with Crippen molar-refractivity contribution in [3.05, 3.63) is 42.0 Å². The number of hydrogen-bond acceptors (Lipinski definition) is 4. The van der Waals surface area contributed by atoms with E-state index in [4.69, 9.17) is 19.9 Å². The van der Waals surface area contributed by atoms with Crippen molar-refractivity contribution in [1.29, 1.82) is 0 Å². The van der Waals surface area contributed by atoms with Crippen molar-refractivity contribution in [2.75, 3.05) is 27.9 Å². The van der Waals surface area contributed by atoms with E-state index in [1.165, 1.54) is 5.56 Å². The Bertz CT molecular complexity index is 594. The van der Waals surface area contributed by atoms with Crippen LogP contribution in [0.15, 0.2) is 36.4 Å². The first-order valence-corrected chi connectivity index (χ1v) is 6.83. The summed E-state index contributed by atoms with van der Waals surface area (Å²) in [4.78, 5) is 0. The summed E-state index contributed by atoms with van der Waals surface area (Å²) in [6.07, 6.45) is 0.878. The van der Waals surface area contributed by atoms with E-state index in [2.05, 4.69) is 24.3 Å². The van der Waals surface area contributed by atoms with Crippen LogP contribution in [0.2, 0.25) is 0 Å². The van der Waals surface area contributed by atoms with Gasteiger partial charge in [-0.05, 0) is 36.2 Å². The Morgan fingerprint density at radius 3 is 2.00 bits per heavy atom. The molecule has 2 aromatic carbocycles. The van der Waals surface area contributed by atoms with Gasteiger partial charge in [0.05, 0.1) is 21.3 Å². The minimum absolute atomic E-state index is 0.600. The molecule has 2 N–H and O–H groups in total. The summed E-state index contributed by atoms with van der Waals surface area (Å²) in [6.45, 7) is 0.652. The van der Waals surface area contributed by atoms with Gasteiger partial charge < -0.3 is 19.9 Å². The second-order valence-electron chi connectivity index (χ2n) is 4.62. The summed E-state index contributed by atoms with van der Waals surface area (Å²) < 4.78 is 16.2. The van der Waals surface area contributed by atoms with Crippen molar-refractivity contribution < 1.29 is 14.2 Å². The highest BCUT2D eigenvalue weighted by molar-refractivity contribution is 5.76. The lowest BCUT2D eigenvalue weighted by Crippen LogP contribution is -2.02. The average molecular weight is 287 g/mol. The van der Waals surface area contributed by atoms with Crippen molar-refractivity contribution in [2.45, 2.75) is 6.42 Å².